The van der Waals surface area contributed by atoms with Crippen LogP contribution in [0.15, 0.2) is 42.5 Å². The monoisotopic (exact) mass is 362 g/mol. The van der Waals surface area contributed by atoms with Gasteiger partial charge in [-0.1, -0.05) is 0 Å². The van der Waals surface area contributed by atoms with Crippen molar-refractivity contribution in [3.8, 4) is 5.75 Å². The van der Waals surface area contributed by atoms with Gasteiger partial charge in [-0.15, -0.1) is 11.8 Å². The van der Waals surface area contributed by atoms with Gasteiger partial charge in [-0.25, -0.2) is 4.39 Å². The molecule has 0 heterocycles. The Balaban J connectivity index is 1.73. The van der Waals surface area contributed by atoms with E-state index in [0.717, 1.165) is 0 Å². The van der Waals surface area contributed by atoms with Gasteiger partial charge in [-0.05, 0) is 55.0 Å². The normalized spacial score (nSPS) is 10.2. The molecule has 25 heavy (non-hydrogen) atoms. The lowest BCUT2D eigenvalue weighted by molar-refractivity contribution is -0.114. The first-order valence-electron chi connectivity index (χ1n) is 7.55. The molecule has 0 unspecified atom stereocenters. The molecule has 0 aromatic heterocycles. The Bertz CT molecular complexity index is 750. The summed E-state index contributed by atoms with van der Waals surface area (Å²) in [5.74, 6) is 0.215. The summed E-state index contributed by atoms with van der Waals surface area (Å²) in [4.78, 5) is 23.8. The second-order valence-electron chi connectivity index (χ2n) is 5.28. The Labute approximate surface area is 150 Å². The van der Waals surface area contributed by atoms with Gasteiger partial charge in [0.15, 0.2) is 0 Å². The number of methoxy groups -OCH3 is 1. The number of ether oxygens (including phenoxy) is 1. The van der Waals surface area contributed by atoms with Crippen LogP contribution in [0.4, 0.5) is 15.8 Å². The summed E-state index contributed by atoms with van der Waals surface area (Å²) in [6, 6.07) is 11.1. The van der Waals surface area contributed by atoms with Crippen LogP contribution in [0.3, 0.4) is 0 Å². The molecule has 0 spiro atoms. The topological polar surface area (TPSA) is 67.4 Å². The van der Waals surface area contributed by atoms with E-state index in [9.17, 15) is 14.0 Å². The Hall–Kier alpha value is -2.54. The van der Waals surface area contributed by atoms with Gasteiger partial charge in [0.2, 0.25) is 11.8 Å². The molecule has 5 nitrogen and oxygen atoms in total. The van der Waals surface area contributed by atoms with Gasteiger partial charge >= 0.3 is 0 Å². The number of rotatable bonds is 7. The maximum Gasteiger partial charge on any atom is 0.234 e. The van der Waals surface area contributed by atoms with Gasteiger partial charge in [-0.3, -0.25) is 9.59 Å². The fourth-order valence-electron chi connectivity index (χ4n) is 2.06. The summed E-state index contributed by atoms with van der Waals surface area (Å²) < 4.78 is 18.1. The number of thioether (sulfide) groups is 1. The summed E-state index contributed by atoms with van der Waals surface area (Å²) in [7, 11) is 1.57. The van der Waals surface area contributed by atoms with E-state index in [1.54, 1.807) is 38.3 Å². The highest BCUT2D eigenvalue weighted by molar-refractivity contribution is 8.00. The zero-order valence-electron chi connectivity index (χ0n) is 14.0. The molecular weight excluding hydrogens is 343 g/mol. The second kappa shape index (κ2) is 9.08. The molecule has 0 aliphatic carbocycles. The zero-order chi connectivity index (χ0) is 18.2. The van der Waals surface area contributed by atoms with Crippen LogP contribution in [0.25, 0.3) is 0 Å². The second-order valence-corrected chi connectivity index (χ2v) is 6.26. The van der Waals surface area contributed by atoms with E-state index < -0.39 is 0 Å². The molecule has 2 N–H and O–H groups in total. The minimum atomic E-state index is -0.347. The highest BCUT2D eigenvalue weighted by atomic mass is 32.2. The third kappa shape index (κ3) is 6.11. The number of carbonyl (C=O) groups excluding carboxylic acids is 2. The van der Waals surface area contributed by atoms with Crippen molar-refractivity contribution >= 4 is 35.0 Å². The fourth-order valence-corrected chi connectivity index (χ4v) is 2.68. The van der Waals surface area contributed by atoms with E-state index in [4.69, 9.17) is 4.74 Å². The number of benzene rings is 2. The first-order chi connectivity index (χ1) is 12.0. The standard InChI is InChI=1S/C18H19FN2O3S/c1-12-9-13(19)3-8-16(12)21-18(23)11-25-10-17(22)20-14-4-6-15(24-2)7-5-14/h3-9H,10-11H2,1-2H3,(H,20,22)(H,21,23). The number of nitrogens with one attached hydrogen (secondary N) is 2. The largest absolute Gasteiger partial charge is 0.497 e. The number of hydrogen-bond acceptors (Lipinski definition) is 4. The van der Waals surface area contributed by atoms with Gasteiger partial charge in [0.05, 0.1) is 18.6 Å². The van der Waals surface area contributed by atoms with Gasteiger partial charge in [0.25, 0.3) is 0 Å². The summed E-state index contributed by atoms with van der Waals surface area (Å²) in [6.07, 6.45) is 0. The predicted molar refractivity (Wildman–Crippen MR) is 98.7 cm³/mol. The Morgan fingerprint density at radius 1 is 1.04 bits per heavy atom. The fraction of sp³-hybridized carbons (Fsp3) is 0.222. The molecule has 0 aliphatic rings. The SMILES string of the molecule is COc1ccc(NC(=O)CSCC(=O)Nc2ccc(F)cc2C)cc1. The number of anilines is 2. The van der Waals surface area contributed by atoms with Gasteiger partial charge < -0.3 is 15.4 Å². The van der Waals surface area contributed by atoms with Crippen molar-refractivity contribution in [3.05, 3.63) is 53.8 Å². The minimum absolute atomic E-state index is 0.132. The van der Waals surface area contributed by atoms with Gasteiger partial charge in [0, 0.05) is 11.4 Å². The number of carbonyl (C=O) groups is 2. The first kappa shape index (κ1) is 18.8. The van der Waals surface area contributed by atoms with Crippen LogP contribution in [0.1, 0.15) is 5.56 Å². The molecule has 0 radical (unpaired) electrons. The Morgan fingerprint density at radius 3 is 2.28 bits per heavy atom. The molecule has 2 aromatic rings. The van der Waals surface area contributed by atoms with Crippen LogP contribution in [0, 0.1) is 12.7 Å². The summed E-state index contributed by atoms with van der Waals surface area (Å²) in [5, 5.41) is 5.44. The molecular formula is C18H19FN2O3S. The molecule has 0 aliphatic heterocycles. The molecule has 0 saturated carbocycles. The van der Waals surface area contributed by atoms with Crippen molar-refractivity contribution < 1.29 is 18.7 Å². The highest BCUT2D eigenvalue weighted by Crippen LogP contribution is 2.17. The quantitative estimate of drug-likeness (QED) is 0.792. The van der Waals surface area contributed by atoms with E-state index in [0.29, 0.717) is 22.7 Å². The maximum atomic E-state index is 13.0. The molecule has 2 amide bonds. The summed E-state index contributed by atoms with van der Waals surface area (Å²) >= 11 is 1.20. The van der Waals surface area contributed by atoms with Crippen molar-refractivity contribution in [2.45, 2.75) is 6.92 Å². The van der Waals surface area contributed by atoms with Crippen LogP contribution in [-0.4, -0.2) is 30.4 Å². The lowest BCUT2D eigenvalue weighted by atomic mass is 10.2. The van der Waals surface area contributed by atoms with E-state index >= 15 is 0 Å². The average molecular weight is 362 g/mol. The first-order valence-corrected chi connectivity index (χ1v) is 8.71. The van der Waals surface area contributed by atoms with Gasteiger partial charge in [-0.2, -0.15) is 0 Å². The van der Waals surface area contributed by atoms with Crippen LogP contribution in [-0.2, 0) is 9.59 Å². The van der Waals surface area contributed by atoms with Crippen molar-refractivity contribution in [1.29, 1.82) is 0 Å². The van der Waals surface area contributed by atoms with Crippen molar-refractivity contribution in [3.63, 3.8) is 0 Å². The Kier molecular flexibility index (Phi) is 6.82. The number of amides is 2. The van der Waals surface area contributed by atoms with Crippen LogP contribution >= 0.6 is 11.8 Å². The average Bonchev–Trinajstić information content (AvgIpc) is 2.58. The van der Waals surface area contributed by atoms with Crippen LogP contribution in [0.5, 0.6) is 5.75 Å². The summed E-state index contributed by atoms with van der Waals surface area (Å²) in [6.45, 7) is 1.72. The third-order valence-electron chi connectivity index (χ3n) is 3.30. The molecule has 7 heteroatoms. The molecule has 0 bridgehead atoms. The molecule has 132 valence electrons. The zero-order valence-corrected chi connectivity index (χ0v) is 14.8. The van der Waals surface area contributed by atoms with Crippen LogP contribution in [0.2, 0.25) is 0 Å². The molecule has 2 rings (SSSR count). The van der Waals surface area contributed by atoms with Crippen molar-refractivity contribution in [1.82, 2.24) is 0 Å². The van der Waals surface area contributed by atoms with Crippen molar-refractivity contribution in [2.24, 2.45) is 0 Å². The molecule has 0 saturated heterocycles. The predicted octanol–water partition coefficient (Wildman–Crippen LogP) is 3.45. The number of aryl methyl sites for hydroxylation is 1. The maximum absolute atomic E-state index is 13.0. The Morgan fingerprint density at radius 2 is 1.68 bits per heavy atom. The van der Waals surface area contributed by atoms with Crippen molar-refractivity contribution in [2.75, 3.05) is 29.2 Å². The molecule has 0 atom stereocenters. The van der Waals surface area contributed by atoms with E-state index in [-0.39, 0.29) is 29.1 Å². The molecule has 0 fully saturated rings. The smallest absolute Gasteiger partial charge is 0.234 e. The van der Waals surface area contributed by atoms with E-state index in [1.165, 1.54) is 30.0 Å². The van der Waals surface area contributed by atoms with E-state index in [2.05, 4.69) is 10.6 Å². The highest BCUT2D eigenvalue weighted by Gasteiger charge is 2.08. The number of halogens is 1. The lowest BCUT2D eigenvalue weighted by Gasteiger charge is -2.09. The van der Waals surface area contributed by atoms with Gasteiger partial charge in [0.1, 0.15) is 11.6 Å². The lowest BCUT2D eigenvalue weighted by Crippen LogP contribution is -2.18. The minimum Gasteiger partial charge on any atom is -0.497 e. The molecule has 2 aromatic carbocycles. The van der Waals surface area contributed by atoms with Crippen LogP contribution < -0.4 is 15.4 Å². The summed E-state index contributed by atoms with van der Waals surface area (Å²) in [5.41, 5.74) is 1.88. The third-order valence-corrected chi connectivity index (χ3v) is 4.24. The number of hydrogen-bond donors (Lipinski definition) is 2. The van der Waals surface area contributed by atoms with E-state index in [1.807, 2.05) is 0 Å².